The van der Waals surface area contributed by atoms with Crippen LogP contribution < -0.4 is 16.4 Å². The minimum atomic E-state index is -0.437. The molecule has 0 bridgehead atoms. The van der Waals surface area contributed by atoms with Crippen LogP contribution in [-0.4, -0.2) is 31.8 Å². The Balaban J connectivity index is 1.80. The van der Waals surface area contributed by atoms with Crippen LogP contribution in [0.4, 0.5) is 0 Å². The molecule has 8 heteroatoms. The van der Waals surface area contributed by atoms with Gasteiger partial charge in [0.05, 0.1) is 5.56 Å². The fourth-order valence-electron chi connectivity index (χ4n) is 2.62. The van der Waals surface area contributed by atoms with Gasteiger partial charge in [0.1, 0.15) is 5.69 Å². The molecule has 0 aromatic carbocycles. The molecular weight excluding hydrogens is 370 g/mol. The summed E-state index contributed by atoms with van der Waals surface area (Å²) in [6.45, 7) is 7.59. The number of amides is 1. The maximum absolute atomic E-state index is 12.6. The first-order valence-electron chi connectivity index (χ1n) is 8.72. The van der Waals surface area contributed by atoms with Gasteiger partial charge in [0, 0.05) is 31.2 Å². The highest BCUT2D eigenvalue weighted by molar-refractivity contribution is 5.94. The summed E-state index contributed by atoms with van der Waals surface area (Å²) in [7, 11) is 0. The molecule has 0 spiro atoms. The molecule has 0 aliphatic heterocycles. The van der Waals surface area contributed by atoms with E-state index in [1.807, 2.05) is 0 Å². The van der Waals surface area contributed by atoms with Gasteiger partial charge in [-0.1, -0.05) is 37.5 Å². The second kappa shape index (κ2) is 8.66. The van der Waals surface area contributed by atoms with Crippen LogP contribution in [-0.2, 0) is 0 Å². The summed E-state index contributed by atoms with van der Waals surface area (Å²) in [6.07, 6.45) is 9.31. The van der Waals surface area contributed by atoms with Crippen molar-refractivity contribution in [2.75, 3.05) is 6.54 Å². The molecule has 29 heavy (non-hydrogen) atoms. The average molecular weight is 389 g/mol. The topological polar surface area (TPSA) is 102 Å². The number of carbonyl (C=O) groups is 1. The zero-order valence-corrected chi connectivity index (χ0v) is 15.5. The van der Waals surface area contributed by atoms with Crippen molar-refractivity contribution in [3.63, 3.8) is 0 Å². The van der Waals surface area contributed by atoms with Crippen LogP contribution >= 0.6 is 0 Å². The van der Waals surface area contributed by atoms with Crippen LogP contribution in [0.2, 0.25) is 0 Å². The van der Waals surface area contributed by atoms with Crippen LogP contribution in [0.3, 0.4) is 0 Å². The molecule has 3 heterocycles. The smallest absolute Gasteiger partial charge is 0.296 e. The SMILES string of the molecule is C=CC=C(C=C)CNC(=O)c1ccc(-n2[nH]cc(-n3ccccc3=O)c2=O)nc1. The molecule has 0 unspecified atom stereocenters. The monoisotopic (exact) mass is 389 g/mol. The molecule has 0 saturated heterocycles. The highest BCUT2D eigenvalue weighted by atomic mass is 16.2. The van der Waals surface area contributed by atoms with Crippen molar-refractivity contribution >= 4 is 5.91 Å². The molecule has 1 amide bonds. The Labute approximate surface area is 166 Å². The number of nitrogens with one attached hydrogen (secondary N) is 2. The average Bonchev–Trinajstić information content (AvgIpc) is 3.12. The van der Waals surface area contributed by atoms with Crippen molar-refractivity contribution in [3.8, 4) is 11.5 Å². The van der Waals surface area contributed by atoms with Gasteiger partial charge in [-0.2, -0.15) is 4.68 Å². The number of H-pyrrole nitrogens is 1. The highest BCUT2D eigenvalue weighted by Crippen LogP contribution is 2.06. The number of nitrogens with zero attached hydrogens (tertiary/aromatic N) is 3. The Morgan fingerprint density at radius 1 is 1.21 bits per heavy atom. The van der Waals surface area contributed by atoms with Crippen molar-refractivity contribution in [3.05, 3.63) is 112 Å². The molecule has 3 aromatic heterocycles. The third-order valence-corrected chi connectivity index (χ3v) is 4.12. The maximum atomic E-state index is 12.6. The molecule has 0 fully saturated rings. The molecule has 146 valence electrons. The molecule has 0 radical (unpaired) electrons. The van der Waals surface area contributed by atoms with Crippen LogP contribution in [0.5, 0.6) is 0 Å². The minimum Gasteiger partial charge on any atom is -0.348 e. The van der Waals surface area contributed by atoms with Gasteiger partial charge >= 0.3 is 0 Å². The lowest BCUT2D eigenvalue weighted by Gasteiger charge is -2.06. The number of rotatable bonds is 7. The van der Waals surface area contributed by atoms with Crippen molar-refractivity contribution < 1.29 is 4.79 Å². The van der Waals surface area contributed by atoms with Crippen molar-refractivity contribution in [1.82, 2.24) is 24.6 Å². The van der Waals surface area contributed by atoms with Gasteiger partial charge < -0.3 is 5.32 Å². The summed E-state index contributed by atoms with van der Waals surface area (Å²) in [5, 5.41) is 5.54. The van der Waals surface area contributed by atoms with E-state index >= 15 is 0 Å². The second-order valence-corrected chi connectivity index (χ2v) is 5.98. The van der Waals surface area contributed by atoms with Gasteiger partial charge in [0.25, 0.3) is 17.0 Å². The van der Waals surface area contributed by atoms with E-state index < -0.39 is 5.56 Å². The van der Waals surface area contributed by atoms with Crippen molar-refractivity contribution in [1.29, 1.82) is 0 Å². The molecule has 3 rings (SSSR count). The summed E-state index contributed by atoms with van der Waals surface area (Å²) < 4.78 is 2.43. The number of carbonyl (C=O) groups excluding carboxylic acids is 1. The minimum absolute atomic E-state index is 0.171. The van der Waals surface area contributed by atoms with Gasteiger partial charge in [-0.25, -0.2) is 4.98 Å². The molecule has 8 nitrogen and oxygen atoms in total. The van der Waals surface area contributed by atoms with Gasteiger partial charge in [0.2, 0.25) is 0 Å². The van der Waals surface area contributed by atoms with E-state index in [2.05, 4.69) is 28.6 Å². The van der Waals surface area contributed by atoms with Crippen molar-refractivity contribution in [2.24, 2.45) is 0 Å². The van der Waals surface area contributed by atoms with Crippen molar-refractivity contribution in [2.45, 2.75) is 0 Å². The van der Waals surface area contributed by atoms with E-state index in [0.717, 1.165) is 5.57 Å². The summed E-state index contributed by atoms with van der Waals surface area (Å²) >= 11 is 0. The lowest BCUT2D eigenvalue weighted by molar-refractivity contribution is 0.0957. The Hall–Kier alpha value is -4.20. The van der Waals surface area contributed by atoms with E-state index in [9.17, 15) is 14.4 Å². The van der Waals surface area contributed by atoms with E-state index in [1.54, 1.807) is 42.5 Å². The Bertz CT molecular complexity index is 1200. The number of allylic oxidation sites excluding steroid dienone is 2. The Kier molecular flexibility index (Phi) is 5.84. The molecule has 3 aromatic rings. The van der Waals surface area contributed by atoms with Gasteiger partial charge in [-0.05, 0) is 23.8 Å². The lowest BCUT2D eigenvalue weighted by Crippen LogP contribution is -2.26. The van der Waals surface area contributed by atoms with E-state index in [0.29, 0.717) is 17.9 Å². The van der Waals surface area contributed by atoms with Gasteiger partial charge in [-0.15, -0.1) is 0 Å². The number of aromatic amines is 1. The van der Waals surface area contributed by atoms with E-state index in [1.165, 1.54) is 33.9 Å². The largest absolute Gasteiger partial charge is 0.348 e. The van der Waals surface area contributed by atoms with Crippen LogP contribution in [0, 0.1) is 0 Å². The van der Waals surface area contributed by atoms with Crippen LogP contribution in [0.1, 0.15) is 10.4 Å². The highest BCUT2D eigenvalue weighted by Gasteiger charge is 2.12. The summed E-state index contributed by atoms with van der Waals surface area (Å²) in [4.78, 5) is 41.0. The zero-order valence-electron chi connectivity index (χ0n) is 15.5. The van der Waals surface area contributed by atoms with E-state index in [4.69, 9.17) is 0 Å². The Morgan fingerprint density at radius 3 is 2.69 bits per heavy atom. The fraction of sp³-hybridized carbons (Fsp3) is 0.0476. The maximum Gasteiger partial charge on any atom is 0.296 e. The molecule has 0 aliphatic carbocycles. The standard InChI is InChI=1S/C21H19N5O3/c1-3-7-15(4-2)12-23-20(28)16-9-10-18(22-13-16)26-21(29)17(14-24-26)25-11-6-5-8-19(25)27/h3-11,13-14,24H,1-2,12H2,(H,23,28). The predicted molar refractivity (Wildman–Crippen MR) is 111 cm³/mol. The molecule has 0 saturated carbocycles. The van der Waals surface area contributed by atoms with Gasteiger partial charge in [0.15, 0.2) is 5.82 Å². The Morgan fingerprint density at radius 2 is 2.03 bits per heavy atom. The number of hydrogen-bond donors (Lipinski definition) is 2. The second-order valence-electron chi connectivity index (χ2n) is 5.98. The third kappa shape index (κ3) is 4.22. The number of hydrogen-bond acceptors (Lipinski definition) is 4. The lowest BCUT2D eigenvalue weighted by atomic mass is 10.2. The molecule has 2 N–H and O–H groups in total. The summed E-state index contributed by atoms with van der Waals surface area (Å²) in [6, 6.07) is 7.72. The zero-order chi connectivity index (χ0) is 20.8. The normalized spacial score (nSPS) is 11.1. The van der Waals surface area contributed by atoms with Gasteiger partial charge in [-0.3, -0.25) is 24.0 Å². The quantitative estimate of drug-likeness (QED) is 0.601. The first-order chi connectivity index (χ1) is 14.0. The molecular formula is C21H19N5O3. The van der Waals surface area contributed by atoms with Crippen LogP contribution in [0.15, 0.2) is 95.5 Å². The molecule has 0 atom stereocenters. The summed E-state index contributed by atoms with van der Waals surface area (Å²) in [5.74, 6) is -0.0173. The van der Waals surface area contributed by atoms with Crippen LogP contribution in [0.25, 0.3) is 11.5 Å². The number of pyridine rings is 2. The molecule has 0 aliphatic rings. The fourth-order valence-corrected chi connectivity index (χ4v) is 2.62. The predicted octanol–water partition coefficient (Wildman–Crippen LogP) is 1.74. The summed E-state index contributed by atoms with van der Waals surface area (Å²) in [5.41, 5.74) is 0.577. The third-order valence-electron chi connectivity index (χ3n) is 4.12. The van der Waals surface area contributed by atoms with E-state index in [-0.39, 0.29) is 17.2 Å². The first kappa shape index (κ1) is 19.6. The first-order valence-corrected chi connectivity index (χ1v) is 8.72. The number of aromatic nitrogens is 4.